The van der Waals surface area contributed by atoms with Crippen LogP contribution in [0.2, 0.25) is 0 Å². The Labute approximate surface area is 132 Å². The van der Waals surface area contributed by atoms with Gasteiger partial charge in [0.2, 0.25) is 0 Å². The second-order valence-electron chi connectivity index (χ2n) is 5.23. The largest absolute Gasteiger partial charge is 0.507 e. The van der Waals surface area contributed by atoms with Crippen molar-refractivity contribution in [3.05, 3.63) is 66.6 Å². The van der Waals surface area contributed by atoms with E-state index >= 15 is 0 Å². The van der Waals surface area contributed by atoms with Crippen molar-refractivity contribution in [3.8, 4) is 5.75 Å². The number of anilines is 2. The van der Waals surface area contributed by atoms with E-state index in [4.69, 9.17) is 0 Å². The average Bonchev–Trinajstić information content (AvgIpc) is 2.90. The predicted octanol–water partition coefficient (Wildman–Crippen LogP) is 3.35. The maximum atomic E-state index is 12.1. The summed E-state index contributed by atoms with van der Waals surface area (Å²) in [6.45, 7) is 0. The quantitative estimate of drug-likeness (QED) is 0.501. The number of amides is 1. The van der Waals surface area contributed by atoms with Crippen molar-refractivity contribution < 1.29 is 9.90 Å². The highest BCUT2D eigenvalue weighted by molar-refractivity contribution is 6.31. The van der Waals surface area contributed by atoms with Gasteiger partial charge in [-0.3, -0.25) is 9.78 Å². The van der Waals surface area contributed by atoms with Crippen molar-refractivity contribution in [2.24, 2.45) is 0 Å². The Morgan fingerprint density at radius 1 is 1.04 bits per heavy atom. The Balaban J connectivity index is 1.75. The second-order valence-corrected chi connectivity index (χ2v) is 5.23. The fourth-order valence-electron chi connectivity index (χ4n) is 2.71. The molecule has 0 spiro atoms. The molecule has 5 nitrogen and oxygen atoms in total. The minimum atomic E-state index is -0.186. The number of nitrogens with one attached hydrogen (secondary N) is 2. The summed E-state index contributed by atoms with van der Waals surface area (Å²) in [7, 11) is 0. The summed E-state index contributed by atoms with van der Waals surface area (Å²) in [4.78, 5) is 16.3. The fraction of sp³-hybridized carbons (Fsp3) is 0. The minimum Gasteiger partial charge on any atom is -0.507 e. The number of aromatic hydroxyl groups is 1. The molecule has 0 saturated carbocycles. The normalized spacial score (nSPS) is 14.8. The summed E-state index contributed by atoms with van der Waals surface area (Å²) in [6, 6.07) is 14.5. The highest BCUT2D eigenvalue weighted by atomic mass is 16.3. The zero-order valence-corrected chi connectivity index (χ0v) is 12.1. The van der Waals surface area contributed by atoms with E-state index in [-0.39, 0.29) is 11.7 Å². The molecule has 1 amide bonds. The molecule has 1 aliphatic rings. The minimum absolute atomic E-state index is 0.186. The predicted molar refractivity (Wildman–Crippen MR) is 90.1 cm³/mol. The molecule has 0 fully saturated rings. The number of hydrogen-bond donors (Lipinski definition) is 3. The maximum absolute atomic E-state index is 12.1. The van der Waals surface area contributed by atoms with E-state index in [0.717, 1.165) is 16.5 Å². The topological polar surface area (TPSA) is 74.2 Å². The summed E-state index contributed by atoms with van der Waals surface area (Å²) < 4.78 is 0. The summed E-state index contributed by atoms with van der Waals surface area (Å²) in [5.41, 5.74) is 2.63. The van der Waals surface area contributed by atoms with Crippen molar-refractivity contribution in [1.82, 2.24) is 4.98 Å². The van der Waals surface area contributed by atoms with Crippen molar-refractivity contribution in [3.63, 3.8) is 0 Å². The zero-order valence-electron chi connectivity index (χ0n) is 12.1. The van der Waals surface area contributed by atoms with Crippen LogP contribution < -0.4 is 10.6 Å². The van der Waals surface area contributed by atoms with E-state index in [1.165, 1.54) is 0 Å². The van der Waals surface area contributed by atoms with Gasteiger partial charge in [-0.25, -0.2) is 0 Å². The van der Waals surface area contributed by atoms with Crippen molar-refractivity contribution in [2.75, 3.05) is 10.6 Å². The number of carbonyl (C=O) groups is 1. The number of hydrogen-bond acceptors (Lipinski definition) is 4. The van der Waals surface area contributed by atoms with Crippen LogP contribution in [0.3, 0.4) is 0 Å². The molecule has 3 aromatic rings. The molecular weight excluding hydrogens is 290 g/mol. The monoisotopic (exact) mass is 303 g/mol. The maximum Gasteiger partial charge on any atom is 0.259 e. The smallest absolute Gasteiger partial charge is 0.259 e. The van der Waals surface area contributed by atoms with E-state index < -0.39 is 0 Å². The van der Waals surface area contributed by atoms with Crippen LogP contribution in [0.4, 0.5) is 11.4 Å². The molecule has 23 heavy (non-hydrogen) atoms. The third-order valence-corrected chi connectivity index (χ3v) is 3.83. The molecule has 0 saturated heterocycles. The molecule has 0 aliphatic carbocycles. The number of benzene rings is 2. The zero-order chi connectivity index (χ0) is 15.8. The highest BCUT2D eigenvalue weighted by Gasteiger charge is 2.24. The van der Waals surface area contributed by atoms with E-state index in [1.54, 1.807) is 30.6 Å². The SMILES string of the molecule is O=C1Nc2cccnc2/C1=C\Nc1ccc(O)c2ccccc12. The van der Waals surface area contributed by atoms with E-state index in [1.807, 2.05) is 30.3 Å². The summed E-state index contributed by atoms with van der Waals surface area (Å²) in [6.07, 6.45) is 3.30. The van der Waals surface area contributed by atoms with Gasteiger partial charge in [-0.15, -0.1) is 0 Å². The van der Waals surface area contributed by atoms with E-state index in [9.17, 15) is 9.90 Å². The molecular formula is C18H13N3O2. The Hall–Kier alpha value is -3.34. The first-order chi connectivity index (χ1) is 11.2. The Morgan fingerprint density at radius 2 is 1.87 bits per heavy atom. The molecule has 0 unspecified atom stereocenters. The molecule has 4 rings (SSSR count). The number of phenolic OH excluding ortho intramolecular Hbond substituents is 1. The van der Waals surface area contributed by atoms with Crippen LogP contribution in [0.15, 0.2) is 60.9 Å². The van der Waals surface area contributed by atoms with Crippen LogP contribution in [0.25, 0.3) is 16.3 Å². The molecule has 1 aromatic heterocycles. The first-order valence-electron chi connectivity index (χ1n) is 7.18. The highest BCUT2D eigenvalue weighted by Crippen LogP contribution is 2.32. The Bertz CT molecular complexity index is 963. The molecule has 2 aromatic carbocycles. The summed E-state index contributed by atoms with van der Waals surface area (Å²) in [5.74, 6) is 0.0405. The van der Waals surface area contributed by atoms with Gasteiger partial charge in [-0.2, -0.15) is 0 Å². The molecule has 0 radical (unpaired) electrons. The lowest BCUT2D eigenvalue weighted by Crippen LogP contribution is -2.05. The van der Waals surface area contributed by atoms with E-state index in [2.05, 4.69) is 15.6 Å². The molecule has 0 atom stereocenters. The van der Waals surface area contributed by atoms with Gasteiger partial charge < -0.3 is 15.7 Å². The van der Waals surface area contributed by atoms with Gasteiger partial charge in [0.25, 0.3) is 5.91 Å². The molecule has 5 heteroatoms. The third kappa shape index (κ3) is 2.19. The molecule has 3 N–H and O–H groups in total. The van der Waals surface area contributed by atoms with Crippen LogP contribution in [0.5, 0.6) is 5.75 Å². The standard InChI is InChI=1S/C18H13N3O2/c22-16-8-7-14(11-4-1-2-5-12(11)16)20-10-13-17-15(21-18(13)23)6-3-9-19-17/h1-10,20,22H,(H,21,23)/b13-10+. The van der Waals surface area contributed by atoms with Gasteiger partial charge in [0, 0.05) is 28.9 Å². The average molecular weight is 303 g/mol. The molecule has 1 aliphatic heterocycles. The number of carbonyl (C=O) groups excluding carboxylic acids is 1. The lowest BCUT2D eigenvalue weighted by Gasteiger charge is -2.08. The second kappa shape index (κ2) is 5.14. The fourth-order valence-corrected chi connectivity index (χ4v) is 2.71. The lowest BCUT2D eigenvalue weighted by molar-refractivity contribution is -0.110. The van der Waals surface area contributed by atoms with Crippen molar-refractivity contribution in [2.45, 2.75) is 0 Å². The van der Waals surface area contributed by atoms with Gasteiger partial charge in [0.1, 0.15) is 11.4 Å². The molecule has 112 valence electrons. The summed E-state index contributed by atoms with van der Waals surface area (Å²) >= 11 is 0. The third-order valence-electron chi connectivity index (χ3n) is 3.83. The van der Waals surface area contributed by atoms with Crippen molar-refractivity contribution >= 4 is 33.6 Å². The number of pyridine rings is 1. The van der Waals surface area contributed by atoms with Gasteiger partial charge in [0.05, 0.1) is 11.3 Å². The van der Waals surface area contributed by atoms with Crippen molar-refractivity contribution in [1.29, 1.82) is 0 Å². The van der Waals surface area contributed by atoms with Gasteiger partial charge in [-0.05, 0) is 24.3 Å². The van der Waals surface area contributed by atoms with E-state index in [0.29, 0.717) is 17.0 Å². The van der Waals surface area contributed by atoms with Crippen LogP contribution >= 0.6 is 0 Å². The number of nitrogens with zero attached hydrogens (tertiary/aromatic N) is 1. The number of phenols is 1. The van der Waals surface area contributed by atoms with Crippen LogP contribution in [-0.2, 0) is 4.79 Å². The Morgan fingerprint density at radius 3 is 2.74 bits per heavy atom. The summed E-state index contributed by atoms with van der Waals surface area (Å²) in [5, 5.41) is 17.5. The number of aromatic nitrogens is 1. The van der Waals surface area contributed by atoms with Crippen LogP contribution in [-0.4, -0.2) is 16.0 Å². The number of rotatable bonds is 2. The van der Waals surface area contributed by atoms with Gasteiger partial charge in [-0.1, -0.05) is 24.3 Å². The lowest BCUT2D eigenvalue weighted by atomic mass is 10.1. The Kier molecular flexibility index (Phi) is 2.98. The van der Waals surface area contributed by atoms with Crippen LogP contribution in [0.1, 0.15) is 5.69 Å². The first kappa shape index (κ1) is 13.3. The molecule has 0 bridgehead atoms. The number of fused-ring (bicyclic) bond motifs is 2. The van der Waals surface area contributed by atoms with Gasteiger partial charge in [0.15, 0.2) is 0 Å². The van der Waals surface area contributed by atoms with Crippen LogP contribution in [0, 0.1) is 0 Å². The molecule has 2 heterocycles. The first-order valence-corrected chi connectivity index (χ1v) is 7.18. The van der Waals surface area contributed by atoms with Gasteiger partial charge >= 0.3 is 0 Å².